The van der Waals surface area contributed by atoms with Crippen molar-refractivity contribution in [2.75, 3.05) is 5.33 Å². The zero-order valence-electron chi connectivity index (χ0n) is 7.46. The van der Waals surface area contributed by atoms with Gasteiger partial charge in [0.15, 0.2) is 0 Å². The molecule has 0 nitrogen and oxygen atoms in total. The van der Waals surface area contributed by atoms with Crippen molar-refractivity contribution in [2.24, 2.45) is 5.92 Å². The van der Waals surface area contributed by atoms with Gasteiger partial charge < -0.3 is 0 Å². The molecule has 0 aliphatic heterocycles. The first-order valence-electron chi connectivity index (χ1n) is 4.43. The van der Waals surface area contributed by atoms with Crippen molar-refractivity contribution >= 4 is 15.9 Å². The van der Waals surface area contributed by atoms with Gasteiger partial charge in [-0.3, -0.25) is 0 Å². The van der Waals surface area contributed by atoms with Crippen LogP contribution in [0.5, 0.6) is 0 Å². The number of aryl methyl sites for hydroxylation is 1. The van der Waals surface area contributed by atoms with Crippen LogP contribution in [-0.4, -0.2) is 5.33 Å². The van der Waals surface area contributed by atoms with E-state index in [1.54, 1.807) is 0 Å². The second-order valence-electron chi connectivity index (χ2n) is 3.28. The molecule has 0 aromatic heterocycles. The quantitative estimate of drug-likeness (QED) is 0.688. The molecule has 0 spiro atoms. The van der Waals surface area contributed by atoms with Gasteiger partial charge in [0, 0.05) is 5.33 Å². The summed E-state index contributed by atoms with van der Waals surface area (Å²) in [5.41, 5.74) is 1.45. The van der Waals surface area contributed by atoms with Gasteiger partial charge in [0.1, 0.15) is 0 Å². The molecule has 1 heteroatoms. The summed E-state index contributed by atoms with van der Waals surface area (Å²) in [6.07, 6.45) is 2.48. The maximum Gasteiger partial charge on any atom is 0.00571 e. The molecule has 66 valence electrons. The minimum Gasteiger partial charge on any atom is -0.0925 e. The Hall–Kier alpha value is -0.300. The van der Waals surface area contributed by atoms with Crippen LogP contribution in [-0.2, 0) is 6.42 Å². The van der Waals surface area contributed by atoms with Gasteiger partial charge in [-0.2, -0.15) is 0 Å². The summed E-state index contributed by atoms with van der Waals surface area (Å²) < 4.78 is 0. The molecule has 0 unspecified atom stereocenters. The van der Waals surface area contributed by atoms with Crippen LogP contribution in [0.2, 0.25) is 0 Å². The summed E-state index contributed by atoms with van der Waals surface area (Å²) in [6, 6.07) is 10.7. The number of halogens is 1. The number of hydrogen-bond donors (Lipinski definition) is 0. The highest BCUT2D eigenvalue weighted by atomic mass is 79.9. The molecule has 0 radical (unpaired) electrons. The molecular weight excluding hydrogens is 212 g/mol. The molecule has 12 heavy (non-hydrogen) atoms. The van der Waals surface area contributed by atoms with E-state index in [9.17, 15) is 0 Å². The van der Waals surface area contributed by atoms with Crippen molar-refractivity contribution in [1.82, 2.24) is 0 Å². The number of rotatable bonds is 4. The first kappa shape index (κ1) is 9.79. The lowest BCUT2D eigenvalue weighted by molar-refractivity contribution is 0.600. The smallest absolute Gasteiger partial charge is 0.00571 e. The normalized spacial score (nSPS) is 12.8. The number of alkyl halides is 1. The molecule has 0 fully saturated rings. The van der Waals surface area contributed by atoms with Crippen LogP contribution in [0.25, 0.3) is 0 Å². The first-order valence-corrected chi connectivity index (χ1v) is 5.55. The molecule has 0 aliphatic carbocycles. The fourth-order valence-electron chi connectivity index (χ4n) is 1.13. The lowest BCUT2D eigenvalue weighted by Gasteiger charge is -2.06. The van der Waals surface area contributed by atoms with Gasteiger partial charge in [0.2, 0.25) is 0 Å². The largest absolute Gasteiger partial charge is 0.0925 e. The SMILES string of the molecule is C[C@@H](CBr)CCc1ccccc1. The monoisotopic (exact) mass is 226 g/mol. The molecule has 0 amide bonds. The summed E-state index contributed by atoms with van der Waals surface area (Å²) >= 11 is 3.49. The van der Waals surface area contributed by atoms with Gasteiger partial charge >= 0.3 is 0 Å². The summed E-state index contributed by atoms with van der Waals surface area (Å²) in [5.74, 6) is 0.783. The van der Waals surface area contributed by atoms with Crippen molar-refractivity contribution in [1.29, 1.82) is 0 Å². The molecule has 0 heterocycles. The molecule has 0 saturated heterocycles. The predicted octanol–water partition coefficient (Wildman–Crippen LogP) is 3.65. The topological polar surface area (TPSA) is 0 Å². The molecular formula is C11H15Br. The summed E-state index contributed by atoms with van der Waals surface area (Å²) in [4.78, 5) is 0. The van der Waals surface area contributed by atoms with Crippen LogP contribution in [0.15, 0.2) is 30.3 Å². The zero-order chi connectivity index (χ0) is 8.81. The van der Waals surface area contributed by atoms with Crippen LogP contribution in [0.3, 0.4) is 0 Å². The van der Waals surface area contributed by atoms with Crippen LogP contribution < -0.4 is 0 Å². The Morgan fingerprint density at radius 1 is 1.25 bits per heavy atom. The van der Waals surface area contributed by atoms with E-state index in [0.29, 0.717) is 0 Å². The lowest BCUT2D eigenvalue weighted by atomic mass is 10.0. The minimum atomic E-state index is 0.783. The van der Waals surface area contributed by atoms with Gasteiger partial charge in [-0.15, -0.1) is 0 Å². The van der Waals surface area contributed by atoms with Gasteiger partial charge in [0.05, 0.1) is 0 Å². The molecule has 0 saturated carbocycles. The van der Waals surface area contributed by atoms with Crippen LogP contribution >= 0.6 is 15.9 Å². The Labute approximate surface area is 83.1 Å². The van der Waals surface area contributed by atoms with E-state index in [1.165, 1.54) is 18.4 Å². The second-order valence-corrected chi connectivity index (χ2v) is 3.93. The number of hydrogen-bond acceptors (Lipinski definition) is 0. The Balaban J connectivity index is 2.33. The number of benzene rings is 1. The maximum atomic E-state index is 3.49. The average Bonchev–Trinajstić information content (AvgIpc) is 2.16. The van der Waals surface area contributed by atoms with E-state index in [1.807, 2.05) is 0 Å². The van der Waals surface area contributed by atoms with Crippen molar-refractivity contribution in [2.45, 2.75) is 19.8 Å². The highest BCUT2D eigenvalue weighted by Crippen LogP contribution is 2.10. The molecule has 1 rings (SSSR count). The van der Waals surface area contributed by atoms with Crippen molar-refractivity contribution in [3.05, 3.63) is 35.9 Å². The molecule has 1 atom stereocenters. The Morgan fingerprint density at radius 3 is 2.50 bits per heavy atom. The van der Waals surface area contributed by atoms with Crippen molar-refractivity contribution in [3.8, 4) is 0 Å². The van der Waals surface area contributed by atoms with Crippen LogP contribution in [0.4, 0.5) is 0 Å². The second kappa shape index (κ2) is 5.36. The van der Waals surface area contributed by atoms with E-state index in [4.69, 9.17) is 0 Å². The third kappa shape index (κ3) is 3.40. The predicted molar refractivity (Wildman–Crippen MR) is 57.7 cm³/mol. The highest BCUT2D eigenvalue weighted by molar-refractivity contribution is 9.09. The first-order chi connectivity index (χ1) is 5.83. The third-order valence-corrected chi connectivity index (χ3v) is 3.14. The summed E-state index contributed by atoms with van der Waals surface area (Å²) in [7, 11) is 0. The molecule has 0 bridgehead atoms. The van der Waals surface area contributed by atoms with Crippen molar-refractivity contribution < 1.29 is 0 Å². The van der Waals surface area contributed by atoms with Gasteiger partial charge in [0.25, 0.3) is 0 Å². The molecule has 1 aromatic rings. The Kier molecular flexibility index (Phi) is 4.37. The average molecular weight is 227 g/mol. The van der Waals surface area contributed by atoms with E-state index in [0.717, 1.165) is 11.2 Å². The standard InChI is InChI=1S/C11H15Br/c1-10(9-12)7-8-11-5-3-2-4-6-11/h2-6,10H,7-9H2,1H3/t10-/m1/s1. The van der Waals surface area contributed by atoms with Gasteiger partial charge in [-0.05, 0) is 24.3 Å². The van der Waals surface area contributed by atoms with E-state index >= 15 is 0 Å². The lowest BCUT2D eigenvalue weighted by Crippen LogP contribution is -1.97. The fraction of sp³-hybridized carbons (Fsp3) is 0.455. The van der Waals surface area contributed by atoms with E-state index in [2.05, 4.69) is 53.2 Å². The molecule has 1 aromatic carbocycles. The van der Waals surface area contributed by atoms with Crippen LogP contribution in [0.1, 0.15) is 18.9 Å². The Bertz CT molecular complexity index is 206. The Morgan fingerprint density at radius 2 is 1.92 bits per heavy atom. The van der Waals surface area contributed by atoms with Crippen molar-refractivity contribution in [3.63, 3.8) is 0 Å². The fourth-order valence-corrected chi connectivity index (χ4v) is 1.46. The van der Waals surface area contributed by atoms with E-state index in [-0.39, 0.29) is 0 Å². The summed E-state index contributed by atoms with van der Waals surface area (Å²) in [6.45, 7) is 2.28. The minimum absolute atomic E-state index is 0.783. The zero-order valence-corrected chi connectivity index (χ0v) is 9.05. The molecule has 0 N–H and O–H groups in total. The maximum absolute atomic E-state index is 3.49. The molecule has 0 aliphatic rings. The highest BCUT2D eigenvalue weighted by Gasteiger charge is 1.99. The van der Waals surface area contributed by atoms with E-state index < -0.39 is 0 Å². The van der Waals surface area contributed by atoms with Crippen LogP contribution in [0, 0.1) is 5.92 Å². The summed E-state index contributed by atoms with van der Waals surface area (Å²) in [5, 5.41) is 1.11. The third-order valence-electron chi connectivity index (χ3n) is 2.03. The van der Waals surface area contributed by atoms with Gasteiger partial charge in [-0.25, -0.2) is 0 Å². The van der Waals surface area contributed by atoms with Gasteiger partial charge in [-0.1, -0.05) is 53.2 Å².